The number of hydrogen-bond acceptors (Lipinski definition) is 2. The van der Waals surface area contributed by atoms with Crippen LogP contribution < -0.4 is 47.2 Å². The van der Waals surface area contributed by atoms with Crippen LogP contribution in [0.3, 0.4) is 0 Å². The summed E-state index contributed by atoms with van der Waals surface area (Å²) < 4.78 is 12.3. The molecule has 6 heteroatoms. The predicted molar refractivity (Wildman–Crippen MR) is 166 cm³/mol. The van der Waals surface area contributed by atoms with Crippen LogP contribution in [0.25, 0.3) is 0 Å². The Hall–Kier alpha value is 0.174. The Kier molecular flexibility index (Phi) is 33.9. The van der Waals surface area contributed by atoms with Crippen LogP contribution >= 0.6 is 0 Å². The average Bonchev–Trinajstić information content (AvgIpc) is 2.92. The third kappa shape index (κ3) is 22.7. The number of ether oxygens (including phenoxy) is 2. The van der Waals surface area contributed by atoms with Crippen LogP contribution in [0.4, 0.5) is 0 Å². The molecule has 1 rings (SSSR count). The van der Waals surface area contributed by atoms with Crippen molar-refractivity contribution < 1.29 is 47.2 Å². The van der Waals surface area contributed by atoms with E-state index in [4.69, 9.17) is 9.47 Å². The second kappa shape index (κ2) is 32.1. The quantitative estimate of drug-likeness (QED) is 0.0961. The largest absolute Gasteiger partial charge is 1.00 e. The van der Waals surface area contributed by atoms with Gasteiger partial charge < -0.3 is 0 Å². The zero-order valence-electron chi connectivity index (χ0n) is 26.3. The third-order valence-electron chi connectivity index (χ3n) is 6.96. The van der Waals surface area contributed by atoms with Crippen molar-refractivity contribution in [2.75, 3.05) is 13.2 Å². The topological polar surface area (TPSA) is 18.5 Å². The molecule has 0 aliphatic heterocycles. The number of rotatable bonds is 24. The van der Waals surface area contributed by atoms with Crippen LogP contribution in [0, 0.1) is 21.5 Å². The smallest absolute Gasteiger partial charge is 1.00 e. The van der Waals surface area contributed by atoms with Gasteiger partial charge in [-0.3, -0.25) is 0 Å². The summed E-state index contributed by atoms with van der Waals surface area (Å²) >= 11 is 5.58. The molecule has 0 amide bonds. The second-order valence-corrected chi connectivity index (χ2v) is 11.2. The van der Waals surface area contributed by atoms with Crippen molar-refractivity contribution in [3.63, 3.8) is 0 Å². The molecule has 0 aliphatic carbocycles. The predicted octanol–water partition coefficient (Wildman–Crippen LogP) is 3.25. The normalized spacial score (nSPS) is 9.85. The first kappa shape index (κ1) is 42.3. The van der Waals surface area contributed by atoms with Crippen molar-refractivity contribution in [1.29, 1.82) is 0 Å². The van der Waals surface area contributed by atoms with Gasteiger partial charge in [-0.15, -0.1) is 0 Å². The maximum atomic E-state index is 6.17. The summed E-state index contributed by atoms with van der Waals surface area (Å²) in [5.74, 6) is 7.90. The first-order valence-electron chi connectivity index (χ1n) is 15.5. The van der Waals surface area contributed by atoms with Crippen molar-refractivity contribution in [2.24, 2.45) is 0 Å². The molecule has 0 unspecified atom stereocenters. The number of benzene rings is 1. The minimum absolute atomic E-state index is 0. The summed E-state index contributed by atoms with van der Waals surface area (Å²) in [5, 5.41) is 0. The molecule has 0 aromatic heterocycles. The van der Waals surface area contributed by atoms with Crippen molar-refractivity contribution >= 4 is 32.0 Å². The van der Waals surface area contributed by atoms with Crippen molar-refractivity contribution in [3.8, 4) is 33.0 Å². The van der Waals surface area contributed by atoms with E-state index in [0.29, 0.717) is 13.2 Å². The molecule has 0 atom stereocenters. The summed E-state index contributed by atoms with van der Waals surface area (Å²) in [5.41, 5.74) is 1.72. The van der Waals surface area contributed by atoms with Gasteiger partial charge in [-0.2, -0.15) is 0 Å². The van der Waals surface area contributed by atoms with E-state index in [9.17, 15) is 0 Å². The maximum absolute atomic E-state index is 6.17. The van der Waals surface area contributed by atoms with E-state index >= 15 is 0 Å². The van der Waals surface area contributed by atoms with Gasteiger partial charge in [0.25, 0.3) is 0 Å². The summed E-state index contributed by atoms with van der Waals surface area (Å²) in [6.07, 6.45) is 26.4. The molecule has 0 saturated heterocycles. The van der Waals surface area contributed by atoms with E-state index in [-0.39, 0.29) is 37.7 Å². The summed E-state index contributed by atoms with van der Waals surface area (Å²) in [7, 11) is 0. The fraction of sp³-hybridized carbons (Fsp3) is 0.706. The van der Waals surface area contributed by atoms with Crippen LogP contribution in [0.2, 0.25) is 0 Å². The van der Waals surface area contributed by atoms with E-state index in [1.165, 1.54) is 116 Å². The van der Waals surface area contributed by atoms with Gasteiger partial charge in [0.15, 0.2) is 0 Å². The number of hydrogen-bond donors (Lipinski definition) is 0. The minimum atomic E-state index is 0. The first-order valence-corrected chi connectivity index (χ1v) is 17.2. The Morgan fingerprint density at radius 2 is 0.750 bits per heavy atom. The average molecular weight is 665 g/mol. The second-order valence-electron chi connectivity index (χ2n) is 10.4. The molecule has 0 bridgehead atoms. The van der Waals surface area contributed by atoms with Gasteiger partial charge in [0.2, 0.25) is 0 Å². The van der Waals surface area contributed by atoms with E-state index in [1.807, 2.05) is 12.1 Å². The Balaban J connectivity index is 0. The SMILES string of the molecule is CCCCCCCCCCCCOc1cc(C#C[Se-])c(OCCCCCCCCCCCC)cc1C#C[Se-].[Li+].[Li+]. The summed E-state index contributed by atoms with van der Waals surface area (Å²) in [6, 6.07) is 3.99. The maximum Gasteiger partial charge on any atom is 1.00 e. The van der Waals surface area contributed by atoms with Gasteiger partial charge in [0.05, 0.1) is 0 Å². The van der Waals surface area contributed by atoms with Gasteiger partial charge >= 0.3 is 226 Å². The molecule has 0 aliphatic rings. The Morgan fingerprint density at radius 3 is 1.02 bits per heavy atom. The third-order valence-corrected chi connectivity index (χ3v) is 7.39. The van der Waals surface area contributed by atoms with E-state index < -0.39 is 0 Å². The molecule has 0 saturated carbocycles. The molecule has 1 aromatic rings. The molecule has 214 valence electrons. The van der Waals surface area contributed by atoms with Crippen LogP contribution in [0.15, 0.2) is 12.1 Å². The molecule has 0 fully saturated rings. The summed E-state index contributed by atoms with van der Waals surface area (Å²) in [4.78, 5) is 5.81. The fourth-order valence-corrected chi connectivity index (χ4v) is 5.11. The van der Waals surface area contributed by atoms with Crippen molar-refractivity contribution in [3.05, 3.63) is 23.3 Å². The van der Waals surface area contributed by atoms with Crippen LogP contribution in [0.5, 0.6) is 11.5 Å². The Labute approximate surface area is 288 Å². The molecule has 2 nitrogen and oxygen atoms in total. The number of unbranched alkanes of at least 4 members (excludes halogenated alkanes) is 18. The van der Waals surface area contributed by atoms with Crippen LogP contribution in [-0.4, -0.2) is 45.2 Å². The molecule has 40 heavy (non-hydrogen) atoms. The van der Waals surface area contributed by atoms with Gasteiger partial charge in [-0.05, 0) is 0 Å². The first-order chi connectivity index (χ1) is 18.8. The molecular weight excluding hydrogens is 612 g/mol. The van der Waals surface area contributed by atoms with Crippen molar-refractivity contribution in [1.82, 2.24) is 0 Å². The Bertz CT molecular complexity index is 770. The molecule has 0 N–H and O–H groups in total. The summed E-state index contributed by atoms with van der Waals surface area (Å²) in [6.45, 7) is 5.97. The van der Waals surface area contributed by atoms with E-state index in [0.717, 1.165) is 35.5 Å². The standard InChI is InChI=1S/C34H54O2Se2.2Li/c1-3-5-7-9-11-13-15-17-19-21-25-35-33-29-32(24-28-38)34(30-31(33)23-27-37)36-26-22-20-18-16-14-12-10-8-6-4-2;;/h29-30,37-38H,3-22,25-26H2,1-2H3;;/q;2*+1/p-2. The molecule has 1 aromatic carbocycles. The zero-order chi connectivity index (χ0) is 27.5. The van der Waals surface area contributed by atoms with Gasteiger partial charge in [-0.1, -0.05) is 65.2 Å². The Morgan fingerprint density at radius 1 is 0.475 bits per heavy atom. The minimum Gasteiger partial charge on any atom is 1.00 e. The molecule has 0 spiro atoms. The van der Waals surface area contributed by atoms with E-state index in [2.05, 4.69) is 67.4 Å². The van der Waals surface area contributed by atoms with Crippen LogP contribution in [0.1, 0.15) is 153 Å². The van der Waals surface area contributed by atoms with Crippen molar-refractivity contribution in [2.45, 2.75) is 142 Å². The molecule has 0 radical (unpaired) electrons. The van der Waals surface area contributed by atoms with Gasteiger partial charge in [0.1, 0.15) is 0 Å². The molecule has 0 heterocycles. The molecular formula is C34H52Li2O2Se2. The zero-order valence-corrected chi connectivity index (χ0v) is 29.8. The van der Waals surface area contributed by atoms with Gasteiger partial charge in [-0.25, -0.2) is 0 Å². The fourth-order valence-electron chi connectivity index (χ4n) is 4.65. The van der Waals surface area contributed by atoms with Crippen LogP contribution in [-0.2, 0) is 0 Å². The van der Waals surface area contributed by atoms with E-state index in [1.54, 1.807) is 0 Å². The van der Waals surface area contributed by atoms with Gasteiger partial charge in [0, 0.05) is 0 Å². The monoisotopic (exact) mass is 666 g/mol.